The monoisotopic (exact) mass is 241 g/mol. The maximum Gasteiger partial charge on any atom is 0 e. The molecule has 3 radical (unpaired) electrons. The molecular formula is C16H38B. The second-order valence-corrected chi connectivity index (χ2v) is 4.24. The van der Waals surface area contributed by atoms with Crippen LogP contribution in [0.2, 0.25) is 0 Å². The van der Waals surface area contributed by atoms with E-state index >= 15 is 0 Å². The summed E-state index contributed by atoms with van der Waals surface area (Å²) in [6, 6.07) is 0. The maximum absolute atomic E-state index is 2.35. The van der Waals surface area contributed by atoms with Crippen molar-refractivity contribution in [2.45, 2.75) is 94.9 Å². The van der Waals surface area contributed by atoms with Gasteiger partial charge in [-0.1, -0.05) is 75.7 Å². The quantitative estimate of drug-likeness (QED) is 0.497. The zero-order chi connectivity index (χ0) is 12.5. The van der Waals surface area contributed by atoms with E-state index in [1.807, 2.05) is 41.5 Å². The highest BCUT2D eigenvalue weighted by Gasteiger charge is 2.64. The second kappa shape index (κ2) is 12.5. The summed E-state index contributed by atoms with van der Waals surface area (Å²) in [6.07, 6.45) is 7.57. The topological polar surface area (TPSA) is 0 Å². The predicted molar refractivity (Wildman–Crippen MR) is 85.8 cm³/mol. The van der Waals surface area contributed by atoms with Gasteiger partial charge in [-0.15, -0.1) is 0 Å². The zero-order valence-electron chi connectivity index (χ0n) is 13.1. The molecule has 3 aliphatic carbocycles. The Kier molecular flexibility index (Phi) is 19.0. The van der Waals surface area contributed by atoms with Crippen LogP contribution in [0.1, 0.15) is 94.9 Å². The Hall–Kier alpha value is 0.0649. The van der Waals surface area contributed by atoms with Crippen molar-refractivity contribution in [3.05, 3.63) is 0 Å². The van der Waals surface area contributed by atoms with Gasteiger partial charge in [0.2, 0.25) is 0 Å². The van der Waals surface area contributed by atoms with Crippen LogP contribution in [0.5, 0.6) is 0 Å². The molecule has 17 heavy (non-hydrogen) atoms. The van der Waals surface area contributed by atoms with Crippen LogP contribution in [0.15, 0.2) is 0 Å². The van der Waals surface area contributed by atoms with Gasteiger partial charge in [-0.2, -0.15) is 0 Å². The normalized spacial score (nSPS) is 29.6. The van der Waals surface area contributed by atoms with E-state index in [9.17, 15) is 0 Å². The van der Waals surface area contributed by atoms with E-state index in [4.69, 9.17) is 0 Å². The molecule has 0 saturated heterocycles. The molecule has 0 aromatic carbocycles. The van der Waals surface area contributed by atoms with E-state index in [1.165, 1.54) is 12.8 Å². The minimum Gasteiger partial charge on any atom is -0.0776 e. The third-order valence-corrected chi connectivity index (χ3v) is 3.75. The smallest absolute Gasteiger partial charge is 0 e. The summed E-state index contributed by atoms with van der Waals surface area (Å²) in [6.45, 7) is 16.7. The first-order chi connectivity index (χ1) is 7.24. The molecule has 0 heterocycles. The van der Waals surface area contributed by atoms with Gasteiger partial charge in [0.05, 0.1) is 0 Å². The third kappa shape index (κ3) is 5.49. The second-order valence-electron chi connectivity index (χ2n) is 4.24. The van der Waals surface area contributed by atoms with Crippen LogP contribution in [0.25, 0.3) is 0 Å². The Morgan fingerprint density at radius 2 is 0.824 bits per heavy atom. The Morgan fingerprint density at radius 3 is 0.941 bits per heavy atom. The third-order valence-electron chi connectivity index (χ3n) is 3.75. The first kappa shape index (κ1) is 25.8. The fourth-order valence-corrected chi connectivity index (χ4v) is 2.98. The van der Waals surface area contributed by atoms with Gasteiger partial charge < -0.3 is 0 Å². The molecule has 0 N–H and O–H groups in total. The summed E-state index contributed by atoms with van der Waals surface area (Å²) in [5.74, 6) is 0. The van der Waals surface area contributed by atoms with Crippen molar-refractivity contribution in [3.8, 4) is 0 Å². The van der Waals surface area contributed by atoms with Gasteiger partial charge in [0.1, 0.15) is 0 Å². The van der Waals surface area contributed by atoms with E-state index in [1.54, 1.807) is 19.3 Å². The van der Waals surface area contributed by atoms with Gasteiger partial charge >= 0.3 is 0 Å². The van der Waals surface area contributed by atoms with E-state index in [2.05, 4.69) is 13.8 Å². The molecule has 0 aliphatic heterocycles. The Labute approximate surface area is 115 Å². The summed E-state index contributed by atoms with van der Waals surface area (Å²) < 4.78 is 0. The summed E-state index contributed by atoms with van der Waals surface area (Å²) in [5.41, 5.74) is 1.74. The molecule has 0 amide bonds. The van der Waals surface area contributed by atoms with Crippen molar-refractivity contribution in [1.29, 1.82) is 0 Å². The lowest BCUT2D eigenvalue weighted by atomic mass is 9.34. The minimum atomic E-state index is 0. The molecule has 0 aromatic rings. The van der Waals surface area contributed by atoms with Crippen LogP contribution in [0, 0.1) is 10.8 Å². The van der Waals surface area contributed by atoms with Crippen molar-refractivity contribution in [2.24, 2.45) is 10.8 Å². The predicted octanol–water partition coefficient (Wildman–Crippen LogP) is 6.31. The molecule has 0 spiro atoms. The molecule has 1 heteroatoms. The molecule has 0 nitrogen and oxygen atoms in total. The van der Waals surface area contributed by atoms with Crippen LogP contribution in [-0.4, -0.2) is 8.41 Å². The molecule has 3 aliphatic rings. The minimum absolute atomic E-state index is 0. The fourth-order valence-electron chi connectivity index (χ4n) is 2.98. The van der Waals surface area contributed by atoms with E-state index in [0.717, 1.165) is 10.8 Å². The largest absolute Gasteiger partial charge is 0.0776 e. The van der Waals surface area contributed by atoms with Crippen LogP contribution in [0.3, 0.4) is 0 Å². The molecule has 3 saturated carbocycles. The standard InChI is InChI=1S/C9H16.3C2H6.CH4.B/c1-3-8-5-9(4-2,6-8)7-8;3*1-2;;/h3-7H2,1-2H3;3*1-2H3;1H4;. The average Bonchev–Trinajstić information content (AvgIpc) is 2.24. The van der Waals surface area contributed by atoms with E-state index < -0.39 is 0 Å². The van der Waals surface area contributed by atoms with Gasteiger partial charge in [-0.05, 0) is 30.1 Å². The van der Waals surface area contributed by atoms with Crippen molar-refractivity contribution in [2.75, 3.05) is 0 Å². The van der Waals surface area contributed by atoms with E-state index in [0.29, 0.717) is 0 Å². The number of rotatable bonds is 2. The molecule has 3 rings (SSSR count). The Morgan fingerprint density at radius 1 is 0.647 bits per heavy atom. The molecule has 2 bridgehead atoms. The average molecular weight is 241 g/mol. The van der Waals surface area contributed by atoms with Crippen molar-refractivity contribution in [3.63, 3.8) is 0 Å². The summed E-state index contributed by atoms with van der Waals surface area (Å²) in [4.78, 5) is 0. The number of hydrogen-bond donors (Lipinski definition) is 0. The first-order valence-corrected chi connectivity index (χ1v) is 7.24. The van der Waals surface area contributed by atoms with Crippen LogP contribution in [0.4, 0.5) is 0 Å². The summed E-state index contributed by atoms with van der Waals surface area (Å²) in [5, 5.41) is 0. The van der Waals surface area contributed by atoms with Crippen molar-refractivity contribution < 1.29 is 0 Å². The van der Waals surface area contributed by atoms with Gasteiger partial charge in [0, 0.05) is 8.41 Å². The summed E-state index contributed by atoms with van der Waals surface area (Å²) >= 11 is 0. The molecule has 0 aromatic heterocycles. The van der Waals surface area contributed by atoms with Crippen molar-refractivity contribution >= 4 is 8.41 Å². The fraction of sp³-hybridized carbons (Fsp3) is 1.00. The maximum atomic E-state index is 2.35. The lowest BCUT2D eigenvalue weighted by Gasteiger charge is -2.71. The van der Waals surface area contributed by atoms with Crippen molar-refractivity contribution in [1.82, 2.24) is 0 Å². The Balaban J connectivity index is -0.0000000942. The SMILES string of the molecule is C.CC.CC.CC.CCC12CC(CC)(C1)C2.[B]. The highest BCUT2D eigenvalue weighted by atomic mass is 14.7. The van der Waals surface area contributed by atoms with Gasteiger partial charge in [-0.25, -0.2) is 0 Å². The van der Waals surface area contributed by atoms with Crippen LogP contribution >= 0.6 is 0 Å². The number of hydrogen-bond acceptors (Lipinski definition) is 0. The lowest BCUT2D eigenvalue weighted by Crippen LogP contribution is -2.60. The van der Waals surface area contributed by atoms with Gasteiger partial charge in [0.15, 0.2) is 0 Å². The summed E-state index contributed by atoms with van der Waals surface area (Å²) in [7, 11) is 0. The molecular weight excluding hydrogens is 203 g/mol. The molecule has 0 unspecified atom stereocenters. The van der Waals surface area contributed by atoms with Gasteiger partial charge in [-0.3, -0.25) is 0 Å². The molecule has 105 valence electrons. The molecule has 3 fully saturated rings. The zero-order valence-corrected chi connectivity index (χ0v) is 13.1. The highest BCUT2D eigenvalue weighted by Crippen LogP contribution is 2.75. The molecule has 0 atom stereocenters. The van der Waals surface area contributed by atoms with Crippen LogP contribution in [-0.2, 0) is 0 Å². The lowest BCUT2D eigenvalue weighted by molar-refractivity contribution is -0.206. The Bertz CT molecular complexity index is 107. The van der Waals surface area contributed by atoms with Crippen LogP contribution < -0.4 is 0 Å². The highest BCUT2D eigenvalue weighted by molar-refractivity contribution is 5.75. The first-order valence-electron chi connectivity index (χ1n) is 7.24. The van der Waals surface area contributed by atoms with E-state index in [-0.39, 0.29) is 15.8 Å². The van der Waals surface area contributed by atoms with Gasteiger partial charge in [0.25, 0.3) is 0 Å².